The number of halogens is 1. The van der Waals surface area contributed by atoms with Crippen molar-refractivity contribution in [3.8, 4) is 23.1 Å². The molecule has 5 heterocycles. The number of rotatable bonds is 6. The van der Waals surface area contributed by atoms with E-state index in [4.69, 9.17) is 16.3 Å². The summed E-state index contributed by atoms with van der Waals surface area (Å²) in [7, 11) is 0. The Morgan fingerprint density at radius 2 is 2.08 bits per heavy atom. The smallest absolute Gasteiger partial charge is 0.271 e. The second kappa shape index (κ2) is 8.77. The van der Waals surface area contributed by atoms with Crippen LogP contribution in [0, 0.1) is 23.2 Å². The van der Waals surface area contributed by atoms with Gasteiger partial charge in [-0.2, -0.15) is 10.4 Å². The molecule has 11 heteroatoms. The molecule has 4 aromatic rings. The zero-order chi connectivity index (χ0) is 24.8. The minimum atomic E-state index is -0.243. The van der Waals surface area contributed by atoms with E-state index in [9.17, 15) is 10.1 Å². The summed E-state index contributed by atoms with van der Waals surface area (Å²) in [6.07, 6.45) is 8.29. The number of nitriles is 1. The highest BCUT2D eigenvalue weighted by molar-refractivity contribution is 6.33. The van der Waals surface area contributed by atoms with E-state index < -0.39 is 0 Å². The van der Waals surface area contributed by atoms with E-state index in [2.05, 4.69) is 36.3 Å². The fourth-order valence-electron chi connectivity index (χ4n) is 4.94. The summed E-state index contributed by atoms with van der Waals surface area (Å²) in [6, 6.07) is 7.52. The van der Waals surface area contributed by atoms with Gasteiger partial charge < -0.3 is 15.0 Å². The maximum absolute atomic E-state index is 12.5. The van der Waals surface area contributed by atoms with E-state index in [0.717, 1.165) is 24.5 Å². The molecule has 1 aliphatic heterocycles. The third kappa shape index (κ3) is 3.78. The van der Waals surface area contributed by atoms with Crippen LogP contribution in [-0.4, -0.2) is 56.2 Å². The molecule has 10 nitrogen and oxygen atoms in total. The van der Waals surface area contributed by atoms with E-state index in [1.54, 1.807) is 41.4 Å². The number of amides is 1. The summed E-state index contributed by atoms with van der Waals surface area (Å²) in [5.41, 5.74) is 2.73. The van der Waals surface area contributed by atoms with Gasteiger partial charge in [0.1, 0.15) is 23.3 Å². The first-order valence-electron chi connectivity index (χ1n) is 11.6. The summed E-state index contributed by atoms with van der Waals surface area (Å²) < 4.78 is 7.31. The van der Waals surface area contributed by atoms with E-state index >= 15 is 0 Å². The number of fused-ring (bicyclic) bond motifs is 2. The molecule has 0 radical (unpaired) electrons. The highest BCUT2D eigenvalue weighted by Gasteiger charge is 2.57. The van der Waals surface area contributed by atoms with Crippen LogP contribution in [0.3, 0.4) is 0 Å². The molecule has 6 rings (SSSR count). The van der Waals surface area contributed by atoms with Gasteiger partial charge in [-0.15, -0.1) is 0 Å². The fourth-order valence-corrected chi connectivity index (χ4v) is 5.15. The number of nitrogens with one attached hydrogen (secondary N) is 1. The lowest BCUT2D eigenvalue weighted by Gasteiger charge is -2.21. The topological polar surface area (TPSA) is 121 Å². The third-order valence-corrected chi connectivity index (χ3v) is 7.03. The number of hydrogen-bond acceptors (Lipinski definition) is 8. The van der Waals surface area contributed by atoms with E-state index in [1.165, 1.54) is 6.20 Å². The van der Waals surface area contributed by atoms with Gasteiger partial charge in [0.05, 0.1) is 53.2 Å². The highest BCUT2D eigenvalue weighted by Crippen LogP contribution is 2.46. The number of carbonyl (C=O) groups excluding carboxylic acids is 1. The van der Waals surface area contributed by atoms with Crippen LogP contribution in [0.2, 0.25) is 5.02 Å². The maximum Gasteiger partial charge on any atom is 0.271 e. The van der Waals surface area contributed by atoms with Gasteiger partial charge in [-0.05, 0) is 25.1 Å². The summed E-state index contributed by atoms with van der Waals surface area (Å²) in [6.45, 7) is 3.98. The standard InChI is InChI=1S/C25H21ClN8O2/c1-2-36-15-6-16(24-14(7-27)8-31-34(24)11-15)20-9-30-21(10-29-20)33-12-17-18(13-33)22(17)32-25(35)23-19(26)4-3-5-28-23/h3-6,8-11,17-18,22H,2,12-13H2,1H3,(H,32,35)/t17-,18+,22+. The van der Waals surface area contributed by atoms with Crippen LogP contribution in [0.1, 0.15) is 23.0 Å². The summed E-state index contributed by atoms with van der Waals surface area (Å²) in [5.74, 6) is 1.87. The Balaban J connectivity index is 1.17. The molecule has 1 N–H and O–H groups in total. The normalized spacial score (nSPS) is 20.1. The Bertz CT molecular complexity index is 1500. The Morgan fingerprint density at radius 3 is 2.78 bits per heavy atom. The number of anilines is 1. The van der Waals surface area contributed by atoms with Crippen LogP contribution in [0.5, 0.6) is 5.75 Å². The first-order valence-corrected chi connectivity index (χ1v) is 12.0. The number of piperidine rings is 1. The lowest BCUT2D eigenvalue weighted by molar-refractivity contribution is 0.0942. The fraction of sp³-hybridized carbons (Fsp3) is 0.280. The molecule has 1 aliphatic carbocycles. The average Bonchev–Trinajstić information content (AvgIpc) is 3.23. The Labute approximate surface area is 211 Å². The maximum atomic E-state index is 12.5. The number of pyridine rings is 2. The SMILES string of the molecule is CCOc1cc(-c2cnc(N3C[C@@H]4[C@H](C3)[C@H]4NC(=O)c3ncccc3Cl)cn2)c2c(C#N)cnn2c1. The lowest BCUT2D eigenvalue weighted by Crippen LogP contribution is -2.35. The number of carbonyl (C=O) groups is 1. The van der Waals surface area contributed by atoms with Crippen molar-refractivity contribution in [1.82, 2.24) is 29.9 Å². The number of ether oxygens (including phenoxy) is 1. The van der Waals surface area contributed by atoms with Crippen molar-refractivity contribution in [3.63, 3.8) is 0 Å². The van der Waals surface area contributed by atoms with Crippen LogP contribution in [0.4, 0.5) is 5.82 Å². The molecular weight excluding hydrogens is 480 g/mol. The molecule has 0 aromatic carbocycles. The van der Waals surface area contributed by atoms with Crippen molar-refractivity contribution in [1.29, 1.82) is 5.26 Å². The first-order chi connectivity index (χ1) is 17.6. The minimum Gasteiger partial charge on any atom is -0.492 e. The van der Waals surface area contributed by atoms with Gasteiger partial charge in [0.25, 0.3) is 5.91 Å². The molecule has 2 aliphatic rings. The zero-order valence-corrected chi connectivity index (χ0v) is 20.1. The number of hydrogen-bond donors (Lipinski definition) is 1. The predicted octanol–water partition coefficient (Wildman–Crippen LogP) is 2.97. The predicted molar refractivity (Wildman–Crippen MR) is 132 cm³/mol. The van der Waals surface area contributed by atoms with Gasteiger partial charge >= 0.3 is 0 Å². The summed E-state index contributed by atoms with van der Waals surface area (Å²) >= 11 is 6.10. The zero-order valence-electron chi connectivity index (χ0n) is 19.3. The monoisotopic (exact) mass is 500 g/mol. The molecule has 3 atom stereocenters. The van der Waals surface area contributed by atoms with Gasteiger partial charge in [-0.3, -0.25) is 9.78 Å². The minimum absolute atomic E-state index is 0.111. The molecule has 2 fully saturated rings. The Morgan fingerprint density at radius 1 is 1.25 bits per heavy atom. The second-order valence-corrected chi connectivity index (χ2v) is 9.22. The highest BCUT2D eigenvalue weighted by atomic mass is 35.5. The molecular formula is C25H21ClN8O2. The molecule has 0 unspecified atom stereocenters. The second-order valence-electron chi connectivity index (χ2n) is 8.81. The van der Waals surface area contributed by atoms with E-state index in [0.29, 0.717) is 46.0 Å². The van der Waals surface area contributed by atoms with Crippen molar-refractivity contribution in [2.45, 2.75) is 13.0 Å². The van der Waals surface area contributed by atoms with Gasteiger partial charge in [-0.25, -0.2) is 14.5 Å². The molecule has 1 amide bonds. The number of nitrogens with zero attached hydrogens (tertiary/aromatic N) is 7. The van der Waals surface area contributed by atoms with Gasteiger partial charge in [0, 0.05) is 42.7 Å². The van der Waals surface area contributed by atoms with Gasteiger partial charge in [0.2, 0.25) is 0 Å². The Hall–Kier alpha value is -4.23. The first kappa shape index (κ1) is 22.2. The van der Waals surface area contributed by atoms with Crippen molar-refractivity contribution < 1.29 is 9.53 Å². The molecule has 36 heavy (non-hydrogen) atoms. The third-order valence-electron chi connectivity index (χ3n) is 6.72. The summed E-state index contributed by atoms with van der Waals surface area (Å²) in [4.78, 5) is 28.1. The largest absolute Gasteiger partial charge is 0.492 e. The van der Waals surface area contributed by atoms with Crippen molar-refractivity contribution in [2.75, 3.05) is 24.6 Å². The Kier molecular flexibility index (Phi) is 5.42. The lowest BCUT2D eigenvalue weighted by atomic mass is 10.1. The van der Waals surface area contributed by atoms with Crippen LogP contribution < -0.4 is 15.0 Å². The van der Waals surface area contributed by atoms with Crippen LogP contribution >= 0.6 is 11.6 Å². The quantitative estimate of drug-likeness (QED) is 0.429. The molecule has 0 bridgehead atoms. The van der Waals surface area contributed by atoms with Crippen molar-refractivity contribution in [2.24, 2.45) is 11.8 Å². The van der Waals surface area contributed by atoms with Crippen molar-refractivity contribution in [3.05, 3.63) is 65.5 Å². The van der Waals surface area contributed by atoms with E-state index in [-0.39, 0.29) is 17.6 Å². The van der Waals surface area contributed by atoms with Gasteiger partial charge in [-0.1, -0.05) is 11.6 Å². The van der Waals surface area contributed by atoms with Gasteiger partial charge in [0.15, 0.2) is 0 Å². The summed E-state index contributed by atoms with van der Waals surface area (Å²) in [5, 5.41) is 17.2. The van der Waals surface area contributed by atoms with Crippen LogP contribution in [0.15, 0.2) is 49.2 Å². The van der Waals surface area contributed by atoms with Crippen molar-refractivity contribution >= 4 is 28.8 Å². The van der Waals surface area contributed by atoms with E-state index in [1.807, 2.05) is 13.0 Å². The van der Waals surface area contributed by atoms with Crippen LogP contribution in [0.25, 0.3) is 16.8 Å². The van der Waals surface area contributed by atoms with Crippen LogP contribution in [-0.2, 0) is 0 Å². The molecule has 1 saturated carbocycles. The molecule has 4 aromatic heterocycles. The molecule has 180 valence electrons. The molecule has 1 saturated heterocycles. The number of aromatic nitrogens is 5. The average molecular weight is 501 g/mol. The molecule has 0 spiro atoms.